The maximum absolute atomic E-state index is 12.4. The van der Waals surface area contributed by atoms with Crippen molar-refractivity contribution in [1.29, 1.82) is 0 Å². The molecular formula is C12H23F3N4O2S. The van der Waals surface area contributed by atoms with E-state index in [1.807, 2.05) is 13.8 Å². The van der Waals surface area contributed by atoms with Crippen molar-refractivity contribution in [3.8, 4) is 0 Å². The molecule has 0 radical (unpaired) electrons. The van der Waals surface area contributed by atoms with E-state index in [-0.39, 0.29) is 19.0 Å². The lowest BCUT2D eigenvalue weighted by atomic mass is 9.98. The molecule has 1 rings (SSSR count). The average molecular weight is 344 g/mol. The normalized spacial score (nSPS) is 19.6. The van der Waals surface area contributed by atoms with Crippen molar-refractivity contribution in [3.05, 3.63) is 0 Å². The fourth-order valence-corrected chi connectivity index (χ4v) is 3.07. The molecule has 1 aliphatic rings. The molecule has 0 atom stereocenters. The van der Waals surface area contributed by atoms with Gasteiger partial charge in [0.05, 0.1) is 0 Å². The minimum absolute atomic E-state index is 0.0764. The van der Waals surface area contributed by atoms with Gasteiger partial charge in [0.25, 0.3) is 0 Å². The van der Waals surface area contributed by atoms with Gasteiger partial charge in [0.1, 0.15) is 0 Å². The van der Waals surface area contributed by atoms with Crippen LogP contribution in [0, 0.1) is 11.8 Å². The summed E-state index contributed by atoms with van der Waals surface area (Å²) in [6.07, 6.45) is 0.722. The van der Waals surface area contributed by atoms with Crippen molar-refractivity contribution in [2.75, 3.05) is 26.2 Å². The maximum atomic E-state index is 12.4. The quantitative estimate of drug-likeness (QED) is 0.578. The molecule has 3 N–H and O–H groups in total. The highest BCUT2D eigenvalue weighted by Gasteiger charge is 2.50. The van der Waals surface area contributed by atoms with Gasteiger partial charge in [-0.3, -0.25) is 4.99 Å². The summed E-state index contributed by atoms with van der Waals surface area (Å²) in [7, 11) is -5.21. The minimum atomic E-state index is -5.23. The van der Waals surface area contributed by atoms with E-state index < -0.39 is 15.5 Å². The summed E-state index contributed by atoms with van der Waals surface area (Å²) in [5.74, 6) is 0.766. The van der Waals surface area contributed by atoms with Crippen LogP contribution in [0.3, 0.4) is 0 Å². The topological polar surface area (TPSA) is 87.8 Å². The van der Waals surface area contributed by atoms with E-state index in [1.54, 1.807) is 0 Å². The lowest BCUT2D eigenvalue weighted by molar-refractivity contribution is -0.0496. The Kier molecular flexibility index (Phi) is 6.48. The van der Waals surface area contributed by atoms with Gasteiger partial charge in [-0.15, -0.1) is 0 Å². The number of nitrogens with one attached hydrogen (secondary N) is 1. The summed E-state index contributed by atoms with van der Waals surface area (Å²) >= 11 is 0. The molecule has 0 saturated carbocycles. The van der Waals surface area contributed by atoms with Crippen molar-refractivity contribution in [2.24, 2.45) is 22.6 Å². The molecule has 22 heavy (non-hydrogen) atoms. The zero-order valence-electron chi connectivity index (χ0n) is 12.7. The van der Waals surface area contributed by atoms with Crippen LogP contribution in [-0.4, -0.2) is 50.4 Å². The molecule has 1 saturated heterocycles. The van der Waals surface area contributed by atoms with E-state index >= 15 is 0 Å². The van der Waals surface area contributed by atoms with Gasteiger partial charge in [0.2, 0.25) is 0 Å². The summed E-state index contributed by atoms with van der Waals surface area (Å²) in [6, 6.07) is 0. The zero-order valence-corrected chi connectivity index (χ0v) is 13.5. The Hall–Kier alpha value is -1.03. The van der Waals surface area contributed by atoms with E-state index in [0.29, 0.717) is 42.1 Å². The lowest BCUT2D eigenvalue weighted by Crippen LogP contribution is -2.46. The summed E-state index contributed by atoms with van der Waals surface area (Å²) < 4.78 is 60.4. The first-order valence-corrected chi connectivity index (χ1v) is 8.58. The number of aliphatic imine (C=N–C) groups is 1. The summed E-state index contributed by atoms with van der Waals surface area (Å²) in [4.78, 5) is 4.12. The largest absolute Gasteiger partial charge is 0.511 e. The Balaban J connectivity index is 2.42. The van der Waals surface area contributed by atoms with Gasteiger partial charge in [0, 0.05) is 26.2 Å². The third-order valence-electron chi connectivity index (χ3n) is 3.40. The second-order valence-electron chi connectivity index (χ2n) is 5.79. The first-order valence-electron chi connectivity index (χ1n) is 7.14. The van der Waals surface area contributed by atoms with Crippen LogP contribution in [-0.2, 0) is 10.0 Å². The Morgan fingerprint density at radius 3 is 2.36 bits per heavy atom. The molecule has 0 spiro atoms. The van der Waals surface area contributed by atoms with Gasteiger partial charge in [-0.2, -0.15) is 17.5 Å². The third kappa shape index (κ3) is 5.31. The number of nitrogens with zero attached hydrogens (tertiary/aromatic N) is 2. The fraction of sp³-hybridized carbons (Fsp3) is 0.917. The second-order valence-corrected chi connectivity index (χ2v) is 7.72. The van der Waals surface area contributed by atoms with E-state index in [0.717, 1.165) is 0 Å². The summed E-state index contributed by atoms with van der Waals surface area (Å²) in [5.41, 5.74) is 0.446. The first-order chi connectivity index (χ1) is 10.0. The van der Waals surface area contributed by atoms with Crippen LogP contribution in [0.4, 0.5) is 13.2 Å². The summed E-state index contributed by atoms with van der Waals surface area (Å²) in [6.45, 7) is 4.84. The van der Waals surface area contributed by atoms with Gasteiger partial charge in [-0.1, -0.05) is 13.8 Å². The molecule has 1 fully saturated rings. The molecule has 0 amide bonds. The van der Waals surface area contributed by atoms with Gasteiger partial charge < -0.3 is 11.1 Å². The molecule has 0 aromatic heterocycles. The number of guanidine groups is 1. The maximum Gasteiger partial charge on any atom is 0.511 e. The highest BCUT2D eigenvalue weighted by molar-refractivity contribution is 7.90. The van der Waals surface area contributed by atoms with E-state index in [1.165, 1.54) is 0 Å². The predicted molar refractivity (Wildman–Crippen MR) is 78.6 cm³/mol. The minimum Gasteiger partial charge on any atom is -0.370 e. The van der Waals surface area contributed by atoms with Crippen molar-refractivity contribution in [3.63, 3.8) is 0 Å². The second kappa shape index (κ2) is 7.49. The highest BCUT2D eigenvalue weighted by Crippen LogP contribution is 2.30. The van der Waals surface area contributed by atoms with E-state index in [9.17, 15) is 21.6 Å². The van der Waals surface area contributed by atoms with E-state index in [4.69, 9.17) is 5.73 Å². The van der Waals surface area contributed by atoms with Crippen molar-refractivity contribution >= 4 is 16.0 Å². The molecule has 0 aliphatic carbocycles. The molecule has 0 aromatic rings. The van der Waals surface area contributed by atoms with Crippen LogP contribution in [0.2, 0.25) is 0 Å². The van der Waals surface area contributed by atoms with Gasteiger partial charge in [0.15, 0.2) is 5.96 Å². The number of hydrogen-bond donors (Lipinski definition) is 2. The van der Waals surface area contributed by atoms with E-state index in [2.05, 4.69) is 10.3 Å². The van der Waals surface area contributed by atoms with Crippen LogP contribution < -0.4 is 11.1 Å². The third-order valence-corrected chi connectivity index (χ3v) is 5.03. The molecule has 1 aliphatic heterocycles. The fourth-order valence-electron chi connectivity index (χ4n) is 2.09. The summed E-state index contributed by atoms with van der Waals surface area (Å²) in [5, 5.41) is 2.93. The Labute approximate surface area is 129 Å². The standard InChI is InChI=1S/C12H23F3N4O2S/c1-9(2)7-17-11(16)18-8-10-3-5-19(6-4-10)22(20,21)12(13,14)15/h9-10H,3-8H2,1-2H3,(H3,16,17,18). The Morgan fingerprint density at radius 1 is 1.36 bits per heavy atom. The monoisotopic (exact) mass is 344 g/mol. The number of sulfonamides is 1. The molecule has 130 valence electrons. The smallest absolute Gasteiger partial charge is 0.370 e. The van der Waals surface area contributed by atoms with Crippen LogP contribution >= 0.6 is 0 Å². The van der Waals surface area contributed by atoms with Crippen LogP contribution in [0.1, 0.15) is 26.7 Å². The molecule has 1 heterocycles. The Morgan fingerprint density at radius 2 is 1.91 bits per heavy atom. The van der Waals surface area contributed by atoms with Gasteiger partial charge in [-0.25, -0.2) is 8.42 Å². The Bertz CT molecular complexity index is 483. The molecule has 6 nitrogen and oxygen atoms in total. The molecule has 0 aromatic carbocycles. The molecule has 10 heteroatoms. The van der Waals surface area contributed by atoms with Crippen molar-refractivity contribution in [1.82, 2.24) is 9.62 Å². The molecular weight excluding hydrogens is 321 g/mol. The lowest BCUT2D eigenvalue weighted by Gasteiger charge is -2.31. The number of piperidine rings is 1. The van der Waals surface area contributed by atoms with Crippen molar-refractivity contribution in [2.45, 2.75) is 32.2 Å². The average Bonchev–Trinajstić information content (AvgIpc) is 2.42. The van der Waals surface area contributed by atoms with Crippen LogP contribution in [0.15, 0.2) is 4.99 Å². The highest BCUT2D eigenvalue weighted by atomic mass is 32.2. The van der Waals surface area contributed by atoms with Gasteiger partial charge in [-0.05, 0) is 24.7 Å². The number of hydrogen-bond acceptors (Lipinski definition) is 3. The SMILES string of the molecule is CC(C)CN=C(N)NCC1CCN(S(=O)(=O)C(F)(F)F)CC1. The predicted octanol–water partition coefficient (Wildman–Crippen LogP) is 1.11. The van der Waals surface area contributed by atoms with Gasteiger partial charge >= 0.3 is 15.5 Å². The molecule has 0 bridgehead atoms. The number of nitrogens with two attached hydrogens (primary N) is 1. The zero-order chi connectivity index (χ0) is 17.0. The number of alkyl halides is 3. The number of rotatable bonds is 5. The van der Waals surface area contributed by atoms with Crippen molar-refractivity contribution < 1.29 is 21.6 Å². The molecule has 0 unspecified atom stereocenters. The van der Waals surface area contributed by atoms with Crippen LogP contribution in [0.25, 0.3) is 0 Å². The number of halogens is 3. The van der Waals surface area contributed by atoms with Crippen LogP contribution in [0.5, 0.6) is 0 Å². The first kappa shape index (κ1) is 19.0.